The molecule has 12 heavy (non-hydrogen) atoms. The van der Waals surface area contributed by atoms with Gasteiger partial charge in [-0.2, -0.15) is 0 Å². The van der Waals surface area contributed by atoms with Crippen LogP contribution in [0.1, 0.15) is 38.5 Å². The summed E-state index contributed by atoms with van der Waals surface area (Å²) >= 11 is -0.407. The minimum absolute atomic E-state index is 0.407. The van der Waals surface area contributed by atoms with Gasteiger partial charge in [-0.25, -0.2) is 0 Å². The molecule has 2 heteroatoms. The second-order valence-corrected chi connectivity index (χ2v) is 9.87. The third kappa shape index (κ3) is 4.43. The number of halogens is 1. The molecular weight excluding hydrogens is 261 g/mol. The van der Waals surface area contributed by atoms with Crippen molar-refractivity contribution < 1.29 is 0 Å². The van der Waals surface area contributed by atoms with Crippen LogP contribution in [0.4, 0.5) is 0 Å². The molecule has 1 rings (SSSR count). The zero-order valence-electron chi connectivity index (χ0n) is 7.82. The molecule has 0 aromatic carbocycles. The summed E-state index contributed by atoms with van der Waals surface area (Å²) in [4.78, 5) is 0. The molecule has 0 saturated carbocycles. The predicted octanol–water partition coefficient (Wildman–Crippen LogP) is 3.50. The van der Waals surface area contributed by atoms with Crippen molar-refractivity contribution in [3.05, 3.63) is 0 Å². The van der Waals surface area contributed by atoms with Gasteiger partial charge < -0.3 is 0 Å². The molecule has 1 nitrogen and oxygen atoms in total. The molecular formula is C10H20IN. The van der Waals surface area contributed by atoms with Gasteiger partial charge in [-0.05, 0) is 0 Å². The summed E-state index contributed by atoms with van der Waals surface area (Å²) in [6.07, 6.45) is 9.85. The Morgan fingerprint density at radius 3 is 2.50 bits per heavy atom. The molecule has 0 aromatic rings. The van der Waals surface area contributed by atoms with Gasteiger partial charge in [0.15, 0.2) is 0 Å². The van der Waals surface area contributed by atoms with Gasteiger partial charge in [0.2, 0.25) is 0 Å². The summed E-state index contributed by atoms with van der Waals surface area (Å²) in [6, 6.07) is 0. The van der Waals surface area contributed by atoms with Crippen LogP contribution in [0.25, 0.3) is 0 Å². The van der Waals surface area contributed by atoms with Crippen LogP contribution in [0.3, 0.4) is 0 Å². The summed E-state index contributed by atoms with van der Waals surface area (Å²) < 4.78 is 4.85. The van der Waals surface area contributed by atoms with Crippen molar-refractivity contribution in [1.29, 1.82) is 5.41 Å². The summed E-state index contributed by atoms with van der Waals surface area (Å²) in [6.45, 7) is 0. The number of alkyl halides is 3. The van der Waals surface area contributed by atoms with Crippen molar-refractivity contribution in [2.75, 3.05) is 13.3 Å². The first-order valence-electron chi connectivity index (χ1n) is 5.00. The normalized spacial score (nSPS) is 20.8. The Bertz CT molecular complexity index is 119. The Labute approximate surface area is 83.2 Å². The quantitative estimate of drug-likeness (QED) is 0.345. The molecule has 0 radical (unpaired) electrons. The first kappa shape index (κ1) is 10.5. The Balaban J connectivity index is 1.94. The van der Waals surface area contributed by atoms with Crippen molar-refractivity contribution in [2.24, 2.45) is 0 Å². The van der Waals surface area contributed by atoms with E-state index < -0.39 is 19.8 Å². The van der Waals surface area contributed by atoms with Crippen molar-refractivity contribution in [3.8, 4) is 0 Å². The molecule has 1 heterocycles. The average molecular weight is 281 g/mol. The van der Waals surface area contributed by atoms with Crippen LogP contribution >= 0.6 is 19.8 Å². The first-order chi connectivity index (χ1) is 5.93. The third-order valence-electron chi connectivity index (χ3n) is 2.30. The summed E-state index contributed by atoms with van der Waals surface area (Å²) in [5.74, 6) is 0. The number of unbranched alkanes of at least 4 members (excludes halogenated alkanes) is 2. The van der Waals surface area contributed by atoms with E-state index in [0.29, 0.717) is 0 Å². The molecule has 1 aliphatic heterocycles. The zero-order chi connectivity index (χ0) is 8.65. The van der Waals surface area contributed by atoms with Crippen LogP contribution in [0.2, 0.25) is 0 Å². The summed E-state index contributed by atoms with van der Waals surface area (Å²) in [5, 5.41) is 6.91. The molecule has 0 unspecified atom stereocenters. The molecule has 0 amide bonds. The van der Waals surface area contributed by atoms with Gasteiger partial charge in [0.25, 0.3) is 0 Å². The van der Waals surface area contributed by atoms with Gasteiger partial charge in [0.1, 0.15) is 0 Å². The van der Waals surface area contributed by atoms with E-state index in [9.17, 15) is 0 Å². The molecule has 0 aliphatic carbocycles. The van der Waals surface area contributed by atoms with Gasteiger partial charge in [0, 0.05) is 0 Å². The van der Waals surface area contributed by atoms with Crippen LogP contribution in [-0.2, 0) is 0 Å². The van der Waals surface area contributed by atoms with Gasteiger partial charge >= 0.3 is 83.3 Å². The molecule has 0 bridgehead atoms. The van der Waals surface area contributed by atoms with Crippen LogP contribution in [0, 0.1) is 5.41 Å². The standard InChI is InChI=1S/C10H20IN/c12-10-6-2-5-9-11-7-3-1-4-8-11/h10,12H,1-9H2. The molecule has 1 saturated heterocycles. The molecule has 0 atom stereocenters. The summed E-state index contributed by atoms with van der Waals surface area (Å²) in [5.41, 5.74) is 0. The second kappa shape index (κ2) is 6.87. The fourth-order valence-electron chi connectivity index (χ4n) is 1.56. The topological polar surface area (TPSA) is 23.9 Å². The van der Waals surface area contributed by atoms with Crippen LogP contribution in [0.5, 0.6) is 0 Å². The van der Waals surface area contributed by atoms with Crippen LogP contribution < -0.4 is 0 Å². The Morgan fingerprint density at radius 2 is 1.83 bits per heavy atom. The van der Waals surface area contributed by atoms with E-state index in [4.69, 9.17) is 5.41 Å². The first-order valence-corrected chi connectivity index (χ1v) is 9.58. The molecule has 1 aliphatic rings. The average Bonchev–Trinajstić information content (AvgIpc) is 2.14. The van der Waals surface area contributed by atoms with E-state index in [1.807, 2.05) is 0 Å². The number of nitrogens with one attached hydrogen (secondary N) is 1. The molecule has 72 valence electrons. The van der Waals surface area contributed by atoms with Crippen LogP contribution in [0.15, 0.2) is 0 Å². The van der Waals surface area contributed by atoms with E-state index in [-0.39, 0.29) is 0 Å². The molecule has 0 spiro atoms. The van der Waals surface area contributed by atoms with E-state index in [1.165, 1.54) is 32.1 Å². The minimum atomic E-state index is -0.407. The zero-order valence-corrected chi connectivity index (χ0v) is 9.98. The number of hydrogen-bond donors (Lipinski definition) is 1. The van der Waals surface area contributed by atoms with Gasteiger partial charge in [-0.15, -0.1) is 0 Å². The van der Waals surface area contributed by atoms with E-state index in [1.54, 1.807) is 19.5 Å². The monoisotopic (exact) mass is 281 g/mol. The molecule has 1 N–H and O–H groups in total. The van der Waals surface area contributed by atoms with E-state index in [2.05, 4.69) is 0 Å². The van der Waals surface area contributed by atoms with Gasteiger partial charge in [-0.1, -0.05) is 0 Å². The number of rotatable bonds is 5. The van der Waals surface area contributed by atoms with Crippen molar-refractivity contribution >= 4 is 26.0 Å². The molecule has 0 aromatic heterocycles. The van der Waals surface area contributed by atoms with Crippen molar-refractivity contribution in [1.82, 2.24) is 0 Å². The number of hydrogen-bond acceptors (Lipinski definition) is 1. The van der Waals surface area contributed by atoms with E-state index >= 15 is 0 Å². The third-order valence-corrected chi connectivity index (χ3v) is 9.17. The summed E-state index contributed by atoms with van der Waals surface area (Å²) in [7, 11) is 0. The SMILES string of the molecule is N=CCCCCI1CCCCC1. The maximum atomic E-state index is 6.91. The fourth-order valence-corrected chi connectivity index (χ4v) is 8.03. The maximum absolute atomic E-state index is 6.91. The Hall–Kier alpha value is 0.400. The fraction of sp³-hybridized carbons (Fsp3) is 0.900. The van der Waals surface area contributed by atoms with Crippen molar-refractivity contribution in [3.63, 3.8) is 0 Å². The second-order valence-electron chi connectivity index (χ2n) is 3.39. The van der Waals surface area contributed by atoms with Crippen molar-refractivity contribution in [2.45, 2.75) is 38.5 Å². The van der Waals surface area contributed by atoms with Crippen LogP contribution in [-0.4, -0.2) is 19.5 Å². The van der Waals surface area contributed by atoms with E-state index in [0.717, 1.165) is 6.42 Å². The Kier molecular flexibility index (Phi) is 6.00. The predicted molar refractivity (Wildman–Crippen MR) is 65.1 cm³/mol. The Morgan fingerprint density at radius 1 is 1.08 bits per heavy atom. The van der Waals surface area contributed by atoms with Gasteiger partial charge in [0.05, 0.1) is 0 Å². The van der Waals surface area contributed by atoms with Gasteiger partial charge in [-0.3, -0.25) is 0 Å². The molecule has 1 fully saturated rings.